The maximum absolute atomic E-state index is 5.86. The Morgan fingerprint density at radius 3 is 2.43 bits per heavy atom. The van der Waals surface area contributed by atoms with Crippen LogP contribution in [0.2, 0.25) is 0 Å². The van der Waals surface area contributed by atoms with Gasteiger partial charge < -0.3 is 5.73 Å². The number of amidine groups is 1. The van der Waals surface area contributed by atoms with E-state index in [2.05, 4.69) is 38.4 Å². The van der Waals surface area contributed by atoms with Crippen molar-refractivity contribution in [2.24, 2.45) is 10.7 Å². The molecule has 72 valence electrons. The highest BCUT2D eigenvalue weighted by Gasteiger charge is 2.21. The third kappa shape index (κ3) is 1.00. The number of nitrogens with two attached hydrogens (primary N) is 1. The standard InChI is InChI=1S/C12H14N2/c1-6-5-7(2)10-9(4)14-12(13)11(10)8(6)3/h5H,4H2,1-3H3,(H2,13,14). The molecular formula is C12H14N2. The van der Waals surface area contributed by atoms with Gasteiger partial charge in [0.2, 0.25) is 0 Å². The molecule has 0 bridgehead atoms. The zero-order valence-corrected chi connectivity index (χ0v) is 8.81. The summed E-state index contributed by atoms with van der Waals surface area (Å²) in [7, 11) is 0. The van der Waals surface area contributed by atoms with E-state index >= 15 is 0 Å². The Morgan fingerprint density at radius 1 is 1.14 bits per heavy atom. The SMILES string of the molecule is C=C1N=C(N)c2c(C)c(C)cc(C)c21. The molecule has 1 aromatic rings. The molecule has 0 aromatic heterocycles. The van der Waals surface area contributed by atoms with E-state index in [0.29, 0.717) is 5.84 Å². The molecule has 14 heavy (non-hydrogen) atoms. The lowest BCUT2D eigenvalue weighted by Crippen LogP contribution is -2.13. The van der Waals surface area contributed by atoms with E-state index in [1.54, 1.807) is 0 Å². The minimum atomic E-state index is 0.606. The van der Waals surface area contributed by atoms with Gasteiger partial charge in [-0.1, -0.05) is 12.6 Å². The fraction of sp³-hybridized carbons (Fsp3) is 0.250. The lowest BCUT2D eigenvalue weighted by molar-refractivity contribution is 1.27. The van der Waals surface area contributed by atoms with E-state index < -0.39 is 0 Å². The van der Waals surface area contributed by atoms with Crippen LogP contribution in [0.3, 0.4) is 0 Å². The summed E-state index contributed by atoms with van der Waals surface area (Å²) < 4.78 is 0. The van der Waals surface area contributed by atoms with Crippen molar-refractivity contribution in [2.75, 3.05) is 0 Å². The Hall–Kier alpha value is -1.57. The quantitative estimate of drug-likeness (QED) is 0.663. The first kappa shape index (κ1) is 9.00. The molecule has 1 aliphatic heterocycles. The minimum Gasteiger partial charge on any atom is -0.383 e. The second-order valence-corrected chi connectivity index (χ2v) is 3.83. The monoisotopic (exact) mass is 186 g/mol. The van der Waals surface area contributed by atoms with Crippen LogP contribution in [0.1, 0.15) is 27.8 Å². The molecule has 0 aliphatic carbocycles. The van der Waals surface area contributed by atoms with Gasteiger partial charge in [-0.25, -0.2) is 4.99 Å². The highest BCUT2D eigenvalue weighted by Crippen LogP contribution is 2.32. The van der Waals surface area contributed by atoms with Crippen molar-refractivity contribution >= 4 is 11.5 Å². The van der Waals surface area contributed by atoms with Gasteiger partial charge in [-0.2, -0.15) is 0 Å². The van der Waals surface area contributed by atoms with Crippen molar-refractivity contribution in [1.29, 1.82) is 0 Å². The number of aryl methyl sites for hydroxylation is 2. The van der Waals surface area contributed by atoms with Crippen LogP contribution in [0.5, 0.6) is 0 Å². The summed E-state index contributed by atoms with van der Waals surface area (Å²) in [6, 6.07) is 2.16. The van der Waals surface area contributed by atoms with Gasteiger partial charge in [0, 0.05) is 11.1 Å². The molecule has 2 rings (SSSR count). The Bertz CT molecular complexity index is 468. The van der Waals surface area contributed by atoms with Gasteiger partial charge in [-0.05, 0) is 37.5 Å². The van der Waals surface area contributed by atoms with Gasteiger partial charge in [0.25, 0.3) is 0 Å². The number of nitrogens with zero attached hydrogens (tertiary/aromatic N) is 1. The number of benzene rings is 1. The van der Waals surface area contributed by atoms with Crippen LogP contribution in [0, 0.1) is 20.8 Å². The number of fused-ring (bicyclic) bond motifs is 1. The van der Waals surface area contributed by atoms with Gasteiger partial charge in [0.15, 0.2) is 0 Å². The van der Waals surface area contributed by atoms with Crippen molar-refractivity contribution in [1.82, 2.24) is 0 Å². The van der Waals surface area contributed by atoms with Crippen LogP contribution >= 0.6 is 0 Å². The molecule has 0 atom stereocenters. The zero-order chi connectivity index (χ0) is 10.5. The molecule has 1 aromatic carbocycles. The normalized spacial score (nSPS) is 14.2. The van der Waals surface area contributed by atoms with Gasteiger partial charge in [0.05, 0.1) is 5.70 Å². The van der Waals surface area contributed by atoms with Crippen molar-refractivity contribution < 1.29 is 0 Å². The third-order valence-corrected chi connectivity index (χ3v) is 2.84. The van der Waals surface area contributed by atoms with Crippen LogP contribution in [-0.4, -0.2) is 5.84 Å². The number of aliphatic imine (C=N–C) groups is 1. The van der Waals surface area contributed by atoms with Crippen molar-refractivity contribution in [3.05, 3.63) is 40.5 Å². The van der Waals surface area contributed by atoms with Crippen LogP contribution < -0.4 is 5.73 Å². The molecule has 2 heteroatoms. The molecular weight excluding hydrogens is 172 g/mol. The van der Waals surface area contributed by atoms with E-state index in [-0.39, 0.29) is 0 Å². The third-order valence-electron chi connectivity index (χ3n) is 2.84. The molecule has 0 spiro atoms. The first-order valence-electron chi connectivity index (χ1n) is 4.67. The van der Waals surface area contributed by atoms with E-state index in [9.17, 15) is 0 Å². The maximum Gasteiger partial charge on any atom is 0.132 e. The predicted octanol–water partition coefficient (Wildman–Crippen LogP) is 2.30. The van der Waals surface area contributed by atoms with E-state index in [0.717, 1.165) is 16.8 Å². The van der Waals surface area contributed by atoms with E-state index in [4.69, 9.17) is 5.73 Å². The highest BCUT2D eigenvalue weighted by molar-refractivity contribution is 6.10. The fourth-order valence-corrected chi connectivity index (χ4v) is 2.04. The van der Waals surface area contributed by atoms with Gasteiger partial charge in [-0.3, -0.25) is 0 Å². The summed E-state index contributed by atoms with van der Waals surface area (Å²) in [5.41, 5.74) is 12.5. The largest absolute Gasteiger partial charge is 0.383 e. The van der Waals surface area contributed by atoms with Crippen LogP contribution in [0.25, 0.3) is 5.70 Å². The average Bonchev–Trinajstić information content (AvgIpc) is 2.38. The Balaban J connectivity index is 2.86. The highest BCUT2D eigenvalue weighted by atomic mass is 14.9. The number of hydrogen-bond acceptors (Lipinski definition) is 2. The number of hydrogen-bond donors (Lipinski definition) is 1. The molecule has 0 saturated carbocycles. The second-order valence-electron chi connectivity index (χ2n) is 3.83. The molecule has 0 unspecified atom stereocenters. The lowest BCUT2D eigenvalue weighted by Gasteiger charge is -2.10. The van der Waals surface area contributed by atoms with Crippen molar-refractivity contribution in [3.8, 4) is 0 Å². The second kappa shape index (κ2) is 2.71. The Morgan fingerprint density at radius 2 is 1.79 bits per heavy atom. The average molecular weight is 186 g/mol. The maximum atomic E-state index is 5.86. The topological polar surface area (TPSA) is 38.4 Å². The summed E-state index contributed by atoms with van der Waals surface area (Å²) in [4.78, 5) is 4.22. The van der Waals surface area contributed by atoms with Gasteiger partial charge in [-0.15, -0.1) is 0 Å². The summed E-state index contributed by atoms with van der Waals surface area (Å²) >= 11 is 0. The predicted molar refractivity (Wildman–Crippen MR) is 60.4 cm³/mol. The summed E-state index contributed by atoms with van der Waals surface area (Å²) in [5, 5.41) is 0. The molecule has 0 fully saturated rings. The van der Waals surface area contributed by atoms with Crippen LogP contribution in [-0.2, 0) is 0 Å². The molecule has 0 amide bonds. The van der Waals surface area contributed by atoms with E-state index in [1.165, 1.54) is 16.7 Å². The smallest absolute Gasteiger partial charge is 0.132 e. The fourth-order valence-electron chi connectivity index (χ4n) is 2.04. The van der Waals surface area contributed by atoms with E-state index in [1.807, 2.05) is 0 Å². The first-order chi connectivity index (χ1) is 6.52. The summed E-state index contributed by atoms with van der Waals surface area (Å²) in [6.45, 7) is 10.2. The molecule has 0 radical (unpaired) electrons. The summed E-state index contributed by atoms with van der Waals surface area (Å²) in [5.74, 6) is 0.606. The molecule has 0 saturated heterocycles. The van der Waals surface area contributed by atoms with Gasteiger partial charge >= 0.3 is 0 Å². The molecule has 2 N–H and O–H groups in total. The first-order valence-corrected chi connectivity index (χ1v) is 4.67. The Kier molecular flexibility index (Phi) is 1.74. The molecule has 1 aliphatic rings. The summed E-state index contributed by atoms with van der Waals surface area (Å²) in [6.07, 6.45) is 0. The van der Waals surface area contributed by atoms with Crippen molar-refractivity contribution in [3.63, 3.8) is 0 Å². The number of rotatable bonds is 0. The van der Waals surface area contributed by atoms with Crippen LogP contribution in [0.15, 0.2) is 17.6 Å². The lowest BCUT2D eigenvalue weighted by atomic mass is 9.93. The van der Waals surface area contributed by atoms with Crippen molar-refractivity contribution in [2.45, 2.75) is 20.8 Å². The van der Waals surface area contributed by atoms with Crippen LogP contribution in [0.4, 0.5) is 0 Å². The molecule has 2 nitrogen and oxygen atoms in total. The minimum absolute atomic E-state index is 0.606. The Labute approximate surface area is 84.2 Å². The zero-order valence-electron chi connectivity index (χ0n) is 8.81. The van der Waals surface area contributed by atoms with Gasteiger partial charge in [0.1, 0.15) is 5.84 Å². The molecule has 1 heterocycles.